The molecule has 160 valence electrons. The summed E-state index contributed by atoms with van der Waals surface area (Å²) in [7, 11) is 0. The lowest BCUT2D eigenvalue weighted by molar-refractivity contribution is -0.135. The maximum absolute atomic E-state index is 13.6. The highest BCUT2D eigenvalue weighted by atomic mass is 16.2. The summed E-state index contributed by atoms with van der Waals surface area (Å²) >= 11 is 0. The normalized spacial score (nSPS) is 22.1. The number of piperidine rings is 1. The topological polar surface area (TPSA) is 82.6 Å². The van der Waals surface area contributed by atoms with Gasteiger partial charge in [0.15, 0.2) is 0 Å². The van der Waals surface area contributed by atoms with Crippen LogP contribution in [-0.2, 0) is 16.1 Å². The summed E-state index contributed by atoms with van der Waals surface area (Å²) in [6.07, 6.45) is 4.42. The van der Waals surface area contributed by atoms with Crippen LogP contribution in [0.2, 0.25) is 0 Å². The first kappa shape index (κ1) is 21.8. The highest BCUT2D eigenvalue weighted by Crippen LogP contribution is 2.38. The average molecular weight is 411 g/mol. The van der Waals surface area contributed by atoms with Crippen LogP contribution in [0.5, 0.6) is 0 Å². The summed E-state index contributed by atoms with van der Waals surface area (Å²) in [4.78, 5) is 45.8. The molecule has 2 aliphatic heterocycles. The molecule has 7 heteroatoms. The Balaban J connectivity index is 1.80. The second-order valence-electron chi connectivity index (χ2n) is 8.49. The fourth-order valence-electron chi connectivity index (χ4n) is 4.37. The molecule has 0 bridgehead atoms. The van der Waals surface area contributed by atoms with E-state index in [1.54, 1.807) is 24.1 Å². The maximum atomic E-state index is 13.6. The molecule has 1 atom stereocenters. The van der Waals surface area contributed by atoms with Crippen LogP contribution in [0.3, 0.4) is 0 Å². The molecule has 30 heavy (non-hydrogen) atoms. The van der Waals surface area contributed by atoms with Gasteiger partial charge in [-0.3, -0.25) is 19.5 Å². The fourth-order valence-corrected chi connectivity index (χ4v) is 4.37. The quantitative estimate of drug-likeness (QED) is 0.577. The Morgan fingerprint density at radius 1 is 1.30 bits per heavy atom. The number of nitrogens with one attached hydrogen (secondary N) is 1. The standard InChI is InChI=1S/C23H30N4O3/c1-4-7-20(28)26-14-10-18(11-15-26)23(12-9-17(2)3)21(29)27(22(30)25-23)16-19-8-5-6-13-24-19/h5-6,8,13,17-18H,9-12,14-16H2,1-3H3,(H,25,30)/t23-/m0/s1. The van der Waals surface area contributed by atoms with E-state index >= 15 is 0 Å². The summed E-state index contributed by atoms with van der Waals surface area (Å²) in [5, 5.41) is 3.06. The lowest BCUT2D eigenvalue weighted by Gasteiger charge is -2.40. The van der Waals surface area contributed by atoms with Crippen LogP contribution in [0, 0.1) is 23.7 Å². The van der Waals surface area contributed by atoms with Crippen LogP contribution >= 0.6 is 0 Å². The number of aromatic nitrogens is 1. The van der Waals surface area contributed by atoms with Crippen molar-refractivity contribution in [2.75, 3.05) is 13.1 Å². The van der Waals surface area contributed by atoms with Gasteiger partial charge in [0.05, 0.1) is 12.2 Å². The van der Waals surface area contributed by atoms with Gasteiger partial charge in [-0.1, -0.05) is 25.8 Å². The van der Waals surface area contributed by atoms with Gasteiger partial charge in [0.2, 0.25) is 0 Å². The third-order valence-corrected chi connectivity index (χ3v) is 6.08. The highest BCUT2D eigenvalue weighted by molar-refractivity contribution is 6.07. The molecule has 4 amide bonds. The van der Waals surface area contributed by atoms with Crippen molar-refractivity contribution in [1.82, 2.24) is 20.1 Å². The van der Waals surface area contributed by atoms with Gasteiger partial charge in [-0.2, -0.15) is 0 Å². The summed E-state index contributed by atoms with van der Waals surface area (Å²) in [6.45, 7) is 7.14. The Hall–Kier alpha value is -2.88. The van der Waals surface area contributed by atoms with Gasteiger partial charge in [-0.25, -0.2) is 4.79 Å². The summed E-state index contributed by atoms with van der Waals surface area (Å²) in [6, 6.07) is 5.11. The molecule has 0 radical (unpaired) electrons. The Bertz CT molecular complexity index is 850. The molecular weight excluding hydrogens is 380 g/mol. The summed E-state index contributed by atoms with van der Waals surface area (Å²) < 4.78 is 0. The second-order valence-corrected chi connectivity index (χ2v) is 8.49. The lowest BCUT2D eigenvalue weighted by Crippen LogP contribution is -2.56. The minimum atomic E-state index is -0.915. The molecule has 3 rings (SSSR count). The lowest BCUT2D eigenvalue weighted by atomic mass is 9.74. The van der Waals surface area contributed by atoms with Crippen LogP contribution in [0.4, 0.5) is 4.79 Å². The summed E-state index contributed by atoms with van der Waals surface area (Å²) in [5.74, 6) is 5.29. The Morgan fingerprint density at radius 3 is 2.63 bits per heavy atom. The minimum Gasteiger partial charge on any atom is -0.332 e. The molecule has 0 unspecified atom stereocenters. The Morgan fingerprint density at radius 2 is 2.03 bits per heavy atom. The van der Waals surface area contributed by atoms with Gasteiger partial charge >= 0.3 is 6.03 Å². The van der Waals surface area contributed by atoms with Crippen molar-refractivity contribution >= 4 is 17.8 Å². The summed E-state index contributed by atoms with van der Waals surface area (Å²) in [5.41, 5.74) is -0.235. The van der Waals surface area contributed by atoms with Gasteiger partial charge in [0, 0.05) is 19.3 Å². The first-order valence-electron chi connectivity index (χ1n) is 10.6. The first-order valence-corrected chi connectivity index (χ1v) is 10.6. The van der Waals surface area contributed by atoms with Crippen molar-refractivity contribution < 1.29 is 14.4 Å². The van der Waals surface area contributed by atoms with Crippen LogP contribution < -0.4 is 5.32 Å². The van der Waals surface area contributed by atoms with Crippen LogP contribution in [-0.4, -0.2) is 51.3 Å². The smallest absolute Gasteiger partial charge is 0.325 e. The van der Waals surface area contributed by atoms with Crippen molar-refractivity contribution in [1.29, 1.82) is 0 Å². The largest absolute Gasteiger partial charge is 0.332 e. The van der Waals surface area contributed by atoms with E-state index in [-0.39, 0.29) is 30.3 Å². The van der Waals surface area contributed by atoms with Gasteiger partial charge in [0.1, 0.15) is 5.54 Å². The van der Waals surface area contributed by atoms with E-state index < -0.39 is 5.54 Å². The minimum absolute atomic E-state index is 0.0138. The third-order valence-electron chi connectivity index (χ3n) is 6.08. The number of hydrogen-bond acceptors (Lipinski definition) is 4. The number of pyridine rings is 1. The van der Waals surface area contributed by atoms with Crippen molar-refractivity contribution in [2.45, 2.75) is 58.5 Å². The van der Waals surface area contributed by atoms with Gasteiger partial charge < -0.3 is 10.2 Å². The predicted molar refractivity (Wildman–Crippen MR) is 113 cm³/mol. The van der Waals surface area contributed by atoms with E-state index in [2.05, 4.69) is 36.0 Å². The fraction of sp³-hybridized carbons (Fsp3) is 0.565. The average Bonchev–Trinajstić information content (AvgIpc) is 2.98. The van der Waals surface area contributed by atoms with Crippen molar-refractivity contribution in [3.8, 4) is 11.8 Å². The molecule has 0 saturated carbocycles. The van der Waals surface area contributed by atoms with Crippen LogP contribution in [0.25, 0.3) is 0 Å². The van der Waals surface area contributed by atoms with E-state index in [0.717, 1.165) is 6.42 Å². The predicted octanol–water partition coefficient (Wildman–Crippen LogP) is 2.57. The third kappa shape index (κ3) is 4.48. The van der Waals surface area contributed by atoms with Crippen LogP contribution in [0.1, 0.15) is 52.1 Å². The molecule has 1 aromatic rings. The molecule has 0 aliphatic carbocycles. The van der Waals surface area contributed by atoms with Gasteiger partial charge in [-0.15, -0.1) is 0 Å². The molecule has 0 spiro atoms. The Kier molecular flexibility index (Phi) is 6.76. The number of likely N-dealkylation sites (tertiary alicyclic amines) is 1. The number of hydrogen-bond donors (Lipinski definition) is 1. The van der Waals surface area contributed by atoms with E-state index in [9.17, 15) is 14.4 Å². The molecule has 2 fully saturated rings. The number of urea groups is 1. The zero-order valence-corrected chi connectivity index (χ0v) is 18.0. The molecule has 7 nitrogen and oxygen atoms in total. The van der Waals surface area contributed by atoms with E-state index in [1.165, 1.54) is 4.90 Å². The number of carbonyl (C=O) groups excluding carboxylic acids is 3. The van der Waals surface area contributed by atoms with E-state index in [0.29, 0.717) is 44.0 Å². The molecular formula is C23H30N4O3. The second kappa shape index (κ2) is 9.29. The molecule has 3 heterocycles. The number of rotatable bonds is 6. The van der Waals surface area contributed by atoms with Crippen LogP contribution in [0.15, 0.2) is 24.4 Å². The maximum Gasteiger partial charge on any atom is 0.325 e. The van der Waals surface area contributed by atoms with E-state index in [1.807, 2.05) is 12.1 Å². The molecule has 1 aromatic heterocycles. The van der Waals surface area contributed by atoms with Gasteiger partial charge in [-0.05, 0) is 62.5 Å². The molecule has 2 aliphatic rings. The highest BCUT2D eigenvalue weighted by Gasteiger charge is 2.55. The number of amides is 4. The zero-order chi connectivity index (χ0) is 21.7. The van der Waals surface area contributed by atoms with Crippen molar-refractivity contribution in [3.05, 3.63) is 30.1 Å². The zero-order valence-electron chi connectivity index (χ0n) is 18.0. The van der Waals surface area contributed by atoms with Gasteiger partial charge in [0.25, 0.3) is 11.8 Å². The van der Waals surface area contributed by atoms with Crippen molar-refractivity contribution in [3.63, 3.8) is 0 Å². The number of imide groups is 1. The first-order chi connectivity index (χ1) is 14.4. The molecule has 1 N–H and O–H groups in total. The SMILES string of the molecule is CC#CC(=O)N1CCC([C@]2(CCC(C)C)NC(=O)N(Cc3ccccn3)C2=O)CC1. The monoisotopic (exact) mass is 410 g/mol. The Labute approximate surface area is 178 Å². The molecule has 0 aromatic carbocycles. The van der Waals surface area contributed by atoms with Crippen molar-refractivity contribution in [2.24, 2.45) is 11.8 Å². The molecule has 2 saturated heterocycles. The number of carbonyl (C=O) groups is 3. The van der Waals surface area contributed by atoms with E-state index in [4.69, 9.17) is 0 Å². The number of nitrogens with zero attached hydrogens (tertiary/aromatic N) is 3.